The van der Waals surface area contributed by atoms with Gasteiger partial charge in [0.2, 0.25) is 0 Å². The zero-order chi connectivity index (χ0) is 13.4. The molecule has 0 atom stereocenters. The highest BCUT2D eigenvalue weighted by atomic mass is 79.9. The Balaban J connectivity index is 2.03. The number of halogens is 1. The monoisotopic (exact) mass is 334 g/mol. The van der Waals surface area contributed by atoms with E-state index in [1.165, 1.54) is 0 Å². The van der Waals surface area contributed by atoms with E-state index in [-0.39, 0.29) is 5.56 Å². The lowest BCUT2D eigenvalue weighted by molar-refractivity contribution is 0.769. The highest BCUT2D eigenvalue weighted by molar-refractivity contribution is 9.10. The van der Waals surface area contributed by atoms with Crippen LogP contribution >= 0.6 is 27.3 Å². The molecule has 3 rings (SSSR count). The zero-order valence-corrected chi connectivity index (χ0v) is 12.4. The van der Waals surface area contributed by atoms with E-state index in [1.807, 2.05) is 41.9 Å². The van der Waals surface area contributed by atoms with Crippen molar-refractivity contribution in [2.24, 2.45) is 0 Å². The Morgan fingerprint density at radius 3 is 2.89 bits per heavy atom. The standard InChI is InChI=1S/C14H11BrN2OS/c15-11-2-1-9(7-12(11)16)8-17-5-3-13-10(14(17)18)4-6-19-13/h1-7H,8,16H2. The first-order valence-electron chi connectivity index (χ1n) is 5.76. The van der Waals surface area contributed by atoms with Gasteiger partial charge in [0.25, 0.3) is 5.56 Å². The number of nitrogens with two attached hydrogens (primary N) is 1. The van der Waals surface area contributed by atoms with E-state index in [9.17, 15) is 4.79 Å². The molecule has 96 valence electrons. The summed E-state index contributed by atoms with van der Waals surface area (Å²) >= 11 is 4.95. The predicted octanol–water partition coefficient (Wildman–Crippen LogP) is 3.46. The molecule has 3 nitrogen and oxygen atoms in total. The third-order valence-corrected chi connectivity index (χ3v) is 4.61. The average Bonchev–Trinajstić information content (AvgIpc) is 2.86. The van der Waals surface area contributed by atoms with Crippen molar-refractivity contribution in [3.05, 3.63) is 62.3 Å². The van der Waals surface area contributed by atoms with Crippen LogP contribution in [0.15, 0.2) is 51.2 Å². The van der Waals surface area contributed by atoms with Gasteiger partial charge in [0.05, 0.1) is 11.9 Å². The van der Waals surface area contributed by atoms with Crippen molar-refractivity contribution in [2.75, 3.05) is 5.73 Å². The van der Waals surface area contributed by atoms with E-state index < -0.39 is 0 Å². The maximum Gasteiger partial charge on any atom is 0.259 e. The van der Waals surface area contributed by atoms with Gasteiger partial charge in [-0.3, -0.25) is 4.79 Å². The van der Waals surface area contributed by atoms with E-state index in [4.69, 9.17) is 5.73 Å². The number of anilines is 1. The second-order valence-corrected chi connectivity index (χ2v) is 6.11. The molecule has 2 heterocycles. The highest BCUT2D eigenvalue weighted by Gasteiger charge is 2.05. The fourth-order valence-electron chi connectivity index (χ4n) is 2.02. The summed E-state index contributed by atoms with van der Waals surface area (Å²) in [4.78, 5) is 12.3. The van der Waals surface area contributed by atoms with Crippen LogP contribution in [0.25, 0.3) is 10.1 Å². The van der Waals surface area contributed by atoms with Gasteiger partial charge in [-0.05, 0) is 51.1 Å². The van der Waals surface area contributed by atoms with E-state index in [2.05, 4.69) is 15.9 Å². The van der Waals surface area contributed by atoms with Crippen LogP contribution in [0.3, 0.4) is 0 Å². The van der Waals surface area contributed by atoms with E-state index in [0.29, 0.717) is 12.2 Å². The summed E-state index contributed by atoms with van der Waals surface area (Å²) < 4.78 is 3.60. The van der Waals surface area contributed by atoms with Gasteiger partial charge in [-0.25, -0.2) is 0 Å². The highest BCUT2D eigenvalue weighted by Crippen LogP contribution is 2.21. The predicted molar refractivity (Wildman–Crippen MR) is 83.7 cm³/mol. The van der Waals surface area contributed by atoms with Gasteiger partial charge in [-0.1, -0.05) is 6.07 Å². The Kier molecular flexibility index (Phi) is 3.16. The summed E-state index contributed by atoms with van der Waals surface area (Å²) in [5.74, 6) is 0. The lowest BCUT2D eigenvalue weighted by Gasteiger charge is -2.07. The molecule has 0 saturated heterocycles. The normalized spacial score (nSPS) is 11.0. The molecule has 0 amide bonds. The summed E-state index contributed by atoms with van der Waals surface area (Å²) in [7, 11) is 0. The van der Waals surface area contributed by atoms with Crippen LogP contribution in [0.4, 0.5) is 5.69 Å². The summed E-state index contributed by atoms with van der Waals surface area (Å²) in [6.45, 7) is 0.530. The van der Waals surface area contributed by atoms with E-state index >= 15 is 0 Å². The summed E-state index contributed by atoms with van der Waals surface area (Å²) in [6.07, 6.45) is 1.83. The van der Waals surface area contributed by atoms with Gasteiger partial charge in [-0.2, -0.15) is 0 Å². The molecule has 3 aromatic rings. The van der Waals surface area contributed by atoms with Gasteiger partial charge in [0.15, 0.2) is 0 Å². The molecule has 0 fully saturated rings. The van der Waals surface area contributed by atoms with Crippen LogP contribution in [0, 0.1) is 0 Å². The second-order valence-electron chi connectivity index (χ2n) is 4.30. The largest absolute Gasteiger partial charge is 0.398 e. The quantitative estimate of drug-likeness (QED) is 0.729. The topological polar surface area (TPSA) is 48.0 Å². The smallest absolute Gasteiger partial charge is 0.259 e. The van der Waals surface area contributed by atoms with Gasteiger partial charge in [0.1, 0.15) is 0 Å². The summed E-state index contributed by atoms with van der Waals surface area (Å²) in [5.41, 5.74) is 7.59. The molecular formula is C14H11BrN2OS. The Bertz CT molecular complexity index is 807. The molecule has 0 bridgehead atoms. The van der Waals surface area contributed by atoms with Crippen molar-refractivity contribution < 1.29 is 0 Å². The maximum atomic E-state index is 12.3. The third kappa shape index (κ3) is 2.31. The number of rotatable bonds is 2. The number of hydrogen-bond donors (Lipinski definition) is 1. The number of nitrogens with zero attached hydrogens (tertiary/aromatic N) is 1. The van der Waals surface area contributed by atoms with E-state index in [0.717, 1.165) is 20.1 Å². The van der Waals surface area contributed by atoms with Crippen molar-refractivity contribution in [1.82, 2.24) is 4.57 Å². The average molecular weight is 335 g/mol. The first-order valence-corrected chi connectivity index (χ1v) is 7.43. The van der Waals surface area contributed by atoms with Crippen molar-refractivity contribution in [3.63, 3.8) is 0 Å². The van der Waals surface area contributed by atoms with Gasteiger partial charge in [-0.15, -0.1) is 11.3 Å². The minimum absolute atomic E-state index is 0.0419. The van der Waals surface area contributed by atoms with E-state index in [1.54, 1.807) is 15.9 Å². The zero-order valence-electron chi connectivity index (χ0n) is 9.97. The molecule has 19 heavy (non-hydrogen) atoms. The minimum atomic E-state index is 0.0419. The number of pyridine rings is 1. The van der Waals surface area contributed by atoms with Gasteiger partial charge in [0, 0.05) is 21.1 Å². The van der Waals surface area contributed by atoms with Crippen molar-refractivity contribution in [1.29, 1.82) is 0 Å². The lowest BCUT2D eigenvalue weighted by Crippen LogP contribution is -2.19. The van der Waals surface area contributed by atoms with Crippen LogP contribution < -0.4 is 11.3 Å². The Morgan fingerprint density at radius 1 is 1.26 bits per heavy atom. The fourth-order valence-corrected chi connectivity index (χ4v) is 3.04. The number of aromatic nitrogens is 1. The number of fused-ring (bicyclic) bond motifs is 1. The van der Waals surface area contributed by atoms with Gasteiger partial charge >= 0.3 is 0 Å². The fraction of sp³-hybridized carbons (Fsp3) is 0.0714. The molecule has 1 aromatic carbocycles. The molecule has 5 heteroatoms. The van der Waals surface area contributed by atoms with Crippen LogP contribution in [0.1, 0.15) is 5.56 Å². The Morgan fingerprint density at radius 2 is 2.11 bits per heavy atom. The SMILES string of the molecule is Nc1cc(Cn2ccc3sccc3c2=O)ccc1Br. The molecule has 0 spiro atoms. The lowest BCUT2D eigenvalue weighted by atomic mass is 10.2. The molecule has 0 aliphatic rings. The molecule has 0 radical (unpaired) electrons. The second kappa shape index (κ2) is 4.83. The summed E-state index contributed by atoms with van der Waals surface area (Å²) in [6, 6.07) is 9.59. The number of thiophene rings is 1. The molecule has 0 aliphatic heterocycles. The Hall–Kier alpha value is -1.59. The molecular weight excluding hydrogens is 324 g/mol. The number of benzene rings is 1. The minimum Gasteiger partial charge on any atom is -0.398 e. The van der Waals surface area contributed by atoms with Crippen LogP contribution in [0.5, 0.6) is 0 Å². The number of nitrogen functional groups attached to an aromatic ring is 1. The summed E-state index contributed by atoms with van der Waals surface area (Å²) in [5, 5.41) is 2.71. The number of hydrogen-bond acceptors (Lipinski definition) is 3. The molecule has 0 saturated carbocycles. The maximum absolute atomic E-state index is 12.3. The Labute approximate surface area is 122 Å². The van der Waals surface area contributed by atoms with Crippen molar-refractivity contribution in [2.45, 2.75) is 6.54 Å². The first-order chi connectivity index (χ1) is 9.15. The van der Waals surface area contributed by atoms with Gasteiger partial charge < -0.3 is 10.3 Å². The van der Waals surface area contributed by atoms with Crippen molar-refractivity contribution in [3.8, 4) is 0 Å². The molecule has 2 N–H and O–H groups in total. The molecule has 0 unspecified atom stereocenters. The third-order valence-electron chi connectivity index (χ3n) is 3.01. The molecule has 2 aromatic heterocycles. The first kappa shape index (κ1) is 12.4. The van der Waals surface area contributed by atoms with Crippen LogP contribution in [-0.4, -0.2) is 4.57 Å². The van der Waals surface area contributed by atoms with Crippen LogP contribution in [-0.2, 0) is 6.54 Å². The molecule has 0 aliphatic carbocycles. The van der Waals surface area contributed by atoms with Crippen LogP contribution in [0.2, 0.25) is 0 Å². The van der Waals surface area contributed by atoms with Crippen molar-refractivity contribution >= 4 is 43.0 Å².